The zero-order chi connectivity index (χ0) is 19.5. The number of thiophene rings is 1. The van der Waals surface area contributed by atoms with Gasteiger partial charge in [-0.05, 0) is 42.8 Å². The van der Waals surface area contributed by atoms with Gasteiger partial charge in [0.05, 0.1) is 29.6 Å². The molecule has 1 aliphatic heterocycles. The van der Waals surface area contributed by atoms with Crippen LogP contribution in [-0.2, 0) is 11.3 Å². The van der Waals surface area contributed by atoms with E-state index in [-0.39, 0.29) is 5.91 Å². The van der Waals surface area contributed by atoms with E-state index in [1.807, 2.05) is 37.3 Å². The van der Waals surface area contributed by atoms with E-state index < -0.39 is 0 Å². The predicted molar refractivity (Wildman–Crippen MR) is 110 cm³/mol. The summed E-state index contributed by atoms with van der Waals surface area (Å²) in [6.07, 6.45) is 3.56. The summed E-state index contributed by atoms with van der Waals surface area (Å²) < 4.78 is 11.1. The summed E-state index contributed by atoms with van der Waals surface area (Å²) >= 11 is 1.54. The van der Waals surface area contributed by atoms with Crippen molar-refractivity contribution >= 4 is 22.2 Å². The largest absolute Gasteiger partial charge is 0.464 e. The second-order valence-corrected chi connectivity index (χ2v) is 7.87. The second-order valence-electron chi connectivity index (χ2n) is 6.84. The first-order chi connectivity index (χ1) is 13.6. The molecule has 4 heterocycles. The zero-order valence-electron chi connectivity index (χ0n) is 16.1. The standard InChI is InChI=1S/C21H23N3O3S/c1-15-3-4-17(27-15)14-23(2)20(25)19-13-18(16-5-7-22-8-6-16)21(28-19)24-9-11-26-12-10-24/h3-8,13H,9-12,14H2,1-2H3. The Morgan fingerprint density at radius 1 is 1.21 bits per heavy atom. The SMILES string of the molecule is Cc1ccc(CN(C)C(=O)c2cc(-c3ccncc3)c(N3CCOCC3)s2)o1. The number of pyridine rings is 1. The van der Waals surface area contributed by atoms with Crippen molar-refractivity contribution in [1.29, 1.82) is 0 Å². The second kappa shape index (κ2) is 8.16. The first kappa shape index (κ1) is 18.7. The van der Waals surface area contributed by atoms with Crippen LogP contribution in [0, 0.1) is 6.92 Å². The molecule has 1 saturated heterocycles. The van der Waals surface area contributed by atoms with Crippen LogP contribution in [0.4, 0.5) is 5.00 Å². The van der Waals surface area contributed by atoms with Crippen LogP contribution in [0.15, 0.2) is 47.1 Å². The van der Waals surface area contributed by atoms with Crippen molar-refractivity contribution in [3.63, 3.8) is 0 Å². The lowest BCUT2D eigenvalue weighted by Gasteiger charge is -2.28. The van der Waals surface area contributed by atoms with Crippen molar-refractivity contribution in [3.8, 4) is 11.1 Å². The molecular formula is C21H23N3O3S. The lowest BCUT2D eigenvalue weighted by atomic mass is 10.1. The molecule has 6 nitrogen and oxygen atoms in total. The number of hydrogen-bond donors (Lipinski definition) is 0. The molecule has 0 saturated carbocycles. The number of anilines is 1. The molecule has 0 unspecified atom stereocenters. The van der Waals surface area contributed by atoms with E-state index in [1.54, 1.807) is 35.7 Å². The van der Waals surface area contributed by atoms with Crippen molar-refractivity contribution in [1.82, 2.24) is 9.88 Å². The fourth-order valence-electron chi connectivity index (χ4n) is 3.29. The third-order valence-corrected chi connectivity index (χ3v) is 5.93. The van der Waals surface area contributed by atoms with E-state index in [4.69, 9.17) is 9.15 Å². The van der Waals surface area contributed by atoms with E-state index in [2.05, 4.69) is 9.88 Å². The minimum Gasteiger partial charge on any atom is -0.464 e. The summed E-state index contributed by atoms with van der Waals surface area (Å²) in [4.78, 5) is 21.9. The molecule has 3 aromatic rings. The molecule has 0 atom stereocenters. The van der Waals surface area contributed by atoms with E-state index in [9.17, 15) is 4.79 Å². The number of amides is 1. The van der Waals surface area contributed by atoms with Gasteiger partial charge in [-0.15, -0.1) is 11.3 Å². The lowest BCUT2D eigenvalue weighted by Crippen LogP contribution is -2.35. The quantitative estimate of drug-likeness (QED) is 0.655. The van der Waals surface area contributed by atoms with Crippen LogP contribution in [0.1, 0.15) is 21.2 Å². The van der Waals surface area contributed by atoms with Crippen LogP contribution in [0.5, 0.6) is 0 Å². The highest BCUT2D eigenvalue weighted by molar-refractivity contribution is 7.18. The van der Waals surface area contributed by atoms with Crippen LogP contribution < -0.4 is 4.90 Å². The normalized spacial score (nSPS) is 14.3. The molecule has 1 aliphatic rings. The van der Waals surface area contributed by atoms with E-state index >= 15 is 0 Å². The van der Waals surface area contributed by atoms with Crippen LogP contribution in [0.2, 0.25) is 0 Å². The number of ether oxygens (including phenoxy) is 1. The number of rotatable bonds is 5. The maximum Gasteiger partial charge on any atom is 0.264 e. The van der Waals surface area contributed by atoms with Gasteiger partial charge in [-0.3, -0.25) is 9.78 Å². The van der Waals surface area contributed by atoms with Gasteiger partial charge in [0.1, 0.15) is 11.5 Å². The molecule has 146 valence electrons. The highest BCUT2D eigenvalue weighted by Gasteiger charge is 2.23. The fourth-order valence-corrected chi connectivity index (χ4v) is 4.52. The Bertz CT molecular complexity index is 945. The van der Waals surface area contributed by atoms with Gasteiger partial charge in [-0.2, -0.15) is 0 Å². The molecule has 1 amide bonds. The summed E-state index contributed by atoms with van der Waals surface area (Å²) in [6.45, 7) is 5.41. The Kier molecular flexibility index (Phi) is 5.45. The number of nitrogens with zero attached hydrogens (tertiary/aromatic N) is 3. The molecule has 0 aliphatic carbocycles. The Morgan fingerprint density at radius 2 is 1.96 bits per heavy atom. The van der Waals surface area contributed by atoms with Crippen LogP contribution in [0.3, 0.4) is 0 Å². The van der Waals surface area contributed by atoms with Gasteiger partial charge in [0.15, 0.2) is 0 Å². The van der Waals surface area contributed by atoms with Gasteiger partial charge >= 0.3 is 0 Å². The number of carbonyl (C=O) groups excluding carboxylic acids is 1. The first-order valence-corrected chi connectivity index (χ1v) is 10.1. The smallest absolute Gasteiger partial charge is 0.264 e. The summed E-state index contributed by atoms with van der Waals surface area (Å²) in [5.74, 6) is 1.63. The summed E-state index contributed by atoms with van der Waals surface area (Å²) in [7, 11) is 1.81. The monoisotopic (exact) mass is 397 g/mol. The highest BCUT2D eigenvalue weighted by Crippen LogP contribution is 2.39. The van der Waals surface area contributed by atoms with Crippen molar-refractivity contribution < 1.29 is 13.9 Å². The molecule has 1 fully saturated rings. The summed E-state index contributed by atoms with van der Waals surface area (Å²) in [5, 5.41) is 1.11. The molecule has 3 aromatic heterocycles. The van der Waals surface area contributed by atoms with Gasteiger partial charge < -0.3 is 19.0 Å². The lowest BCUT2D eigenvalue weighted by molar-refractivity contribution is 0.0780. The third kappa shape index (κ3) is 3.95. The number of aryl methyl sites for hydroxylation is 1. The van der Waals surface area contributed by atoms with Crippen LogP contribution in [-0.4, -0.2) is 49.1 Å². The fraction of sp³-hybridized carbons (Fsp3) is 0.333. The average molecular weight is 398 g/mol. The van der Waals surface area contributed by atoms with Crippen molar-refractivity contribution in [2.45, 2.75) is 13.5 Å². The Balaban J connectivity index is 1.63. The van der Waals surface area contributed by atoms with Crippen molar-refractivity contribution in [2.24, 2.45) is 0 Å². The first-order valence-electron chi connectivity index (χ1n) is 9.29. The van der Waals surface area contributed by atoms with Gasteiger partial charge in [0.25, 0.3) is 5.91 Å². The maximum atomic E-state index is 13.1. The third-order valence-electron chi connectivity index (χ3n) is 4.75. The van der Waals surface area contributed by atoms with Gasteiger partial charge in [0.2, 0.25) is 0 Å². The summed E-state index contributed by atoms with van der Waals surface area (Å²) in [6, 6.07) is 9.79. The molecule has 0 aromatic carbocycles. The van der Waals surface area contributed by atoms with Gasteiger partial charge in [-0.1, -0.05) is 0 Å². The Labute approximate surface area is 168 Å². The molecule has 0 bridgehead atoms. The van der Waals surface area contributed by atoms with Crippen molar-refractivity contribution in [2.75, 3.05) is 38.3 Å². The molecule has 4 rings (SSSR count). The highest BCUT2D eigenvalue weighted by atomic mass is 32.1. The number of hydrogen-bond acceptors (Lipinski definition) is 6. The van der Waals surface area contributed by atoms with Crippen LogP contribution in [0.25, 0.3) is 11.1 Å². The molecule has 0 radical (unpaired) electrons. The van der Waals surface area contributed by atoms with Crippen LogP contribution >= 0.6 is 11.3 Å². The topological polar surface area (TPSA) is 58.8 Å². The zero-order valence-corrected chi connectivity index (χ0v) is 16.9. The molecule has 0 N–H and O–H groups in total. The number of morpholine rings is 1. The number of aromatic nitrogens is 1. The van der Waals surface area contributed by atoms with Gasteiger partial charge in [0, 0.05) is 38.1 Å². The Morgan fingerprint density at radius 3 is 2.64 bits per heavy atom. The van der Waals surface area contributed by atoms with E-state index in [0.717, 1.165) is 45.6 Å². The van der Waals surface area contributed by atoms with E-state index in [1.165, 1.54) is 0 Å². The van der Waals surface area contributed by atoms with E-state index in [0.29, 0.717) is 19.8 Å². The maximum absolute atomic E-state index is 13.1. The Hall–Kier alpha value is -2.64. The minimum atomic E-state index is -0.00568. The number of furan rings is 1. The van der Waals surface area contributed by atoms with Gasteiger partial charge in [-0.25, -0.2) is 0 Å². The minimum absolute atomic E-state index is 0.00568. The molecule has 28 heavy (non-hydrogen) atoms. The van der Waals surface area contributed by atoms with Crippen molar-refractivity contribution in [3.05, 3.63) is 59.1 Å². The average Bonchev–Trinajstić information content (AvgIpc) is 3.35. The predicted octanol–water partition coefficient (Wildman–Crippen LogP) is 3.82. The molecule has 0 spiro atoms. The number of carbonyl (C=O) groups is 1. The molecule has 7 heteroatoms. The summed E-state index contributed by atoms with van der Waals surface area (Å²) in [5.41, 5.74) is 2.14. The molecular weight excluding hydrogens is 374 g/mol.